The van der Waals surface area contributed by atoms with Gasteiger partial charge in [0.05, 0.1) is 12.5 Å². The van der Waals surface area contributed by atoms with Gasteiger partial charge in [-0.3, -0.25) is 4.79 Å². The first kappa shape index (κ1) is 13.0. The van der Waals surface area contributed by atoms with Gasteiger partial charge in [-0.15, -0.1) is 0 Å². The zero-order valence-corrected chi connectivity index (χ0v) is 9.42. The molecule has 0 saturated carbocycles. The molecule has 0 fully saturated rings. The zero-order chi connectivity index (χ0) is 11.0. The van der Waals surface area contributed by atoms with Gasteiger partial charge in [-0.05, 0) is 20.3 Å². The van der Waals surface area contributed by atoms with Crippen LogP contribution in [0, 0.1) is 11.3 Å². The third-order valence-electron chi connectivity index (χ3n) is 2.15. The van der Waals surface area contributed by atoms with Crippen LogP contribution in [0.4, 0.5) is 0 Å². The third kappa shape index (κ3) is 4.86. The zero-order valence-electron chi connectivity index (χ0n) is 9.42. The Hall–Kier alpha value is -1.04. The van der Waals surface area contributed by atoms with Gasteiger partial charge in [-0.1, -0.05) is 13.3 Å². The number of unbranched alkanes of at least 4 members (excludes halogenated alkanes) is 1. The topological polar surface area (TPSA) is 44.1 Å². The van der Waals surface area contributed by atoms with Gasteiger partial charge in [0, 0.05) is 19.0 Å². The summed E-state index contributed by atoms with van der Waals surface area (Å²) < 4.78 is 0. The van der Waals surface area contributed by atoms with Crippen LogP contribution in [0.3, 0.4) is 0 Å². The van der Waals surface area contributed by atoms with Gasteiger partial charge in [-0.25, -0.2) is 0 Å². The highest BCUT2D eigenvalue weighted by Crippen LogP contribution is 2.05. The van der Waals surface area contributed by atoms with Crippen LogP contribution < -0.4 is 0 Å². The van der Waals surface area contributed by atoms with Crippen LogP contribution in [0.2, 0.25) is 0 Å². The first-order valence-corrected chi connectivity index (χ1v) is 5.29. The van der Waals surface area contributed by atoms with Gasteiger partial charge >= 0.3 is 0 Å². The van der Waals surface area contributed by atoms with E-state index in [0.717, 1.165) is 12.8 Å². The molecule has 0 N–H and O–H groups in total. The highest BCUT2D eigenvalue weighted by molar-refractivity contribution is 5.76. The fourth-order valence-electron chi connectivity index (χ4n) is 1.31. The second kappa shape index (κ2) is 7.37. The van der Waals surface area contributed by atoms with Crippen LogP contribution in [0.5, 0.6) is 0 Å². The molecule has 0 bridgehead atoms. The van der Waals surface area contributed by atoms with Crippen molar-refractivity contribution in [1.29, 1.82) is 5.26 Å². The van der Waals surface area contributed by atoms with Crippen LogP contribution in [0.1, 0.15) is 46.5 Å². The van der Waals surface area contributed by atoms with Crippen molar-refractivity contribution in [3.8, 4) is 6.07 Å². The average Bonchev–Trinajstić information content (AvgIpc) is 2.14. The maximum atomic E-state index is 11.7. The lowest BCUT2D eigenvalue weighted by atomic mass is 10.2. The first-order valence-electron chi connectivity index (χ1n) is 5.29. The summed E-state index contributed by atoms with van der Waals surface area (Å²) >= 11 is 0. The Morgan fingerprint density at radius 3 is 2.57 bits per heavy atom. The molecule has 0 radical (unpaired) electrons. The lowest BCUT2D eigenvalue weighted by molar-refractivity contribution is -0.132. The van der Waals surface area contributed by atoms with Crippen molar-refractivity contribution in [2.75, 3.05) is 6.54 Å². The van der Waals surface area contributed by atoms with Crippen molar-refractivity contribution >= 4 is 5.91 Å². The lowest BCUT2D eigenvalue weighted by Gasteiger charge is -2.25. The van der Waals surface area contributed by atoms with Gasteiger partial charge in [-0.2, -0.15) is 5.26 Å². The van der Waals surface area contributed by atoms with Gasteiger partial charge in [0.1, 0.15) is 0 Å². The van der Waals surface area contributed by atoms with Crippen LogP contribution in [-0.4, -0.2) is 23.4 Å². The van der Waals surface area contributed by atoms with E-state index < -0.39 is 0 Å². The number of amides is 1. The summed E-state index contributed by atoms with van der Waals surface area (Å²) in [6.07, 6.45) is 3.01. The number of hydrogen-bond donors (Lipinski definition) is 0. The highest BCUT2D eigenvalue weighted by atomic mass is 16.2. The SMILES string of the molecule is CCCCC(=O)N(CCC#N)C(C)C. The molecule has 0 heterocycles. The minimum absolute atomic E-state index is 0.178. The number of rotatable bonds is 6. The summed E-state index contributed by atoms with van der Waals surface area (Å²) in [4.78, 5) is 13.5. The molecule has 0 spiro atoms. The summed E-state index contributed by atoms with van der Waals surface area (Å²) in [5, 5.41) is 8.47. The molecule has 80 valence electrons. The molecular weight excluding hydrogens is 176 g/mol. The van der Waals surface area contributed by atoms with Gasteiger partial charge in [0.15, 0.2) is 0 Å². The van der Waals surface area contributed by atoms with E-state index in [1.165, 1.54) is 0 Å². The smallest absolute Gasteiger partial charge is 0.222 e. The van der Waals surface area contributed by atoms with Crippen molar-refractivity contribution in [2.24, 2.45) is 0 Å². The van der Waals surface area contributed by atoms with Crippen LogP contribution in [0.15, 0.2) is 0 Å². The maximum absolute atomic E-state index is 11.7. The van der Waals surface area contributed by atoms with Crippen LogP contribution >= 0.6 is 0 Å². The van der Waals surface area contributed by atoms with E-state index in [-0.39, 0.29) is 11.9 Å². The van der Waals surface area contributed by atoms with E-state index in [9.17, 15) is 4.79 Å². The number of nitrogens with zero attached hydrogens (tertiary/aromatic N) is 2. The van der Waals surface area contributed by atoms with Gasteiger partial charge < -0.3 is 4.90 Å². The Morgan fingerprint density at radius 1 is 1.50 bits per heavy atom. The minimum Gasteiger partial charge on any atom is -0.339 e. The molecule has 0 aliphatic heterocycles. The predicted molar refractivity (Wildman–Crippen MR) is 56.6 cm³/mol. The Balaban J connectivity index is 4.06. The van der Waals surface area contributed by atoms with Crippen molar-refractivity contribution in [2.45, 2.75) is 52.5 Å². The monoisotopic (exact) mass is 196 g/mol. The second-order valence-electron chi connectivity index (χ2n) is 3.69. The Bertz CT molecular complexity index is 206. The molecule has 0 saturated heterocycles. The van der Waals surface area contributed by atoms with Crippen LogP contribution in [0.25, 0.3) is 0 Å². The molecule has 14 heavy (non-hydrogen) atoms. The molecule has 0 unspecified atom stereocenters. The van der Waals surface area contributed by atoms with E-state index in [1.807, 2.05) is 13.8 Å². The first-order chi connectivity index (χ1) is 6.63. The van der Waals surface area contributed by atoms with Crippen molar-refractivity contribution in [3.63, 3.8) is 0 Å². The quantitative estimate of drug-likeness (QED) is 0.654. The number of nitriles is 1. The molecule has 0 atom stereocenters. The molecule has 3 heteroatoms. The van der Waals surface area contributed by atoms with E-state index >= 15 is 0 Å². The number of hydrogen-bond acceptors (Lipinski definition) is 2. The average molecular weight is 196 g/mol. The third-order valence-corrected chi connectivity index (χ3v) is 2.15. The van der Waals surface area contributed by atoms with Crippen molar-refractivity contribution in [3.05, 3.63) is 0 Å². The largest absolute Gasteiger partial charge is 0.339 e. The lowest BCUT2D eigenvalue weighted by Crippen LogP contribution is -2.37. The fourth-order valence-corrected chi connectivity index (χ4v) is 1.31. The molecule has 0 aromatic carbocycles. The summed E-state index contributed by atoms with van der Waals surface area (Å²) in [5.74, 6) is 0.178. The highest BCUT2D eigenvalue weighted by Gasteiger charge is 2.15. The molecule has 0 aromatic rings. The molecule has 0 aliphatic rings. The predicted octanol–water partition coefficient (Wildman–Crippen LogP) is 2.33. The molecule has 0 aliphatic carbocycles. The summed E-state index contributed by atoms with van der Waals surface area (Å²) in [7, 11) is 0. The molecule has 1 amide bonds. The Morgan fingerprint density at radius 2 is 2.14 bits per heavy atom. The van der Waals surface area contributed by atoms with E-state index in [2.05, 4.69) is 13.0 Å². The summed E-state index contributed by atoms with van der Waals surface area (Å²) in [6, 6.07) is 2.27. The molecular formula is C11H20N2O. The van der Waals surface area contributed by atoms with Crippen LogP contribution in [-0.2, 0) is 4.79 Å². The normalized spacial score (nSPS) is 9.93. The summed E-state index contributed by atoms with van der Waals surface area (Å²) in [6.45, 7) is 6.61. The van der Waals surface area contributed by atoms with E-state index in [4.69, 9.17) is 5.26 Å². The number of carbonyl (C=O) groups excluding carboxylic acids is 1. The molecule has 3 nitrogen and oxygen atoms in total. The maximum Gasteiger partial charge on any atom is 0.222 e. The standard InChI is InChI=1S/C11H20N2O/c1-4-5-7-11(14)13(10(2)3)9-6-8-12/h10H,4-7,9H2,1-3H3. The van der Waals surface area contributed by atoms with Crippen molar-refractivity contribution < 1.29 is 4.79 Å². The van der Waals surface area contributed by atoms with Gasteiger partial charge in [0.2, 0.25) is 5.91 Å². The summed E-state index contributed by atoms with van der Waals surface area (Å²) in [5.41, 5.74) is 0. The molecule has 0 rings (SSSR count). The van der Waals surface area contributed by atoms with Crippen molar-refractivity contribution in [1.82, 2.24) is 4.90 Å². The molecule has 0 aromatic heterocycles. The van der Waals surface area contributed by atoms with E-state index in [0.29, 0.717) is 19.4 Å². The number of carbonyl (C=O) groups is 1. The Kier molecular flexibility index (Phi) is 6.82. The Labute approximate surface area is 86.7 Å². The van der Waals surface area contributed by atoms with Gasteiger partial charge in [0.25, 0.3) is 0 Å². The second-order valence-corrected chi connectivity index (χ2v) is 3.69. The fraction of sp³-hybridized carbons (Fsp3) is 0.818. The minimum atomic E-state index is 0.178. The van der Waals surface area contributed by atoms with E-state index in [1.54, 1.807) is 4.90 Å².